The zero-order valence-corrected chi connectivity index (χ0v) is 9.02. The van der Waals surface area contributed by atoms with Crippen LogP contribution in [-0.2, 0) is 11.4 Å². The first-order chi connectivity index (χ1) is 7.88. The molecule has 0 heterocycles. The number of nitriles is 1. The molecular weight excluding hydrogens is 200 g/mol. The standard InChI is InChI=1S/C13H13N2O/c14-8-12-5-2-6-13(7-12)10-16-15-9-11-3-1-4-11/h2,5-7,11H,1,3-4,10H2. The van der Waals surface area contributed by atoms with Crippen LogP contribution in [0.25, 0.3) is 0 Å². The molecule has 1 saturated carbocycles. The van der Waals surface area contributed by atoms with E-state index in [0.29, 0.717) is 18.1 Å². The summed E-state index contributed by atoms with van der Waals surface area (Å²) in [5.74, 6) is 0.491. The maximum absolute atomic E-state index is 8.72. The van der Waals surface area contributed by atoms with Crippen LogP contribution in [0.5, 0.6) is 0 Å². The van der Waals surface area contributed by atoms with Gasteiger partial charge in [0.1, 0.15) is 12.8 Å². The van der Waals surface area contributed by atoms with E-state index in [1.165, 1.54) is 19.3 Å². The molecule has 3 heteroatoms. The van der Waals surface area contributed by atoms with E-state index in [9.17, 15) is 0 Å². The Kier molecular flexibility index (Phi) is 3.55. The summed E-state index contributed by atoms with van der Waals surface area (Å²) in [7, 11) is 0. The zero-order chi connectivity index (χ0) is 11.2. The Bertz CT molecular complexity index is 416. The maximum atomic E-state index is 8.72. The number of benzene rings is 1. The van der Waals surface area contributed by atoms with Crippen molar-refractivity contribution < 1.29 is 4.84 Å². The second kappa shape index (κ2) is 5.32. The average molecular weight is 213 g/mol. The molecule has 0 aromatic heterocycles. The van der Waals surface area contributed by atoms with Gasteiger partial charge in [0.05, 0.1) is 11.6 Å². The maximum Gasteiger partial charge on any atom is 0.142 e. The lowest BCUT2D eigenvalue weighted by atomic mass is 9.87. The molecule has 1 fully saturated rings. The summed E-state index contributed by atoms with van der Waals surface area (Å²) >= 11 is 0. The molecule has 1 radical (unpaired) electrons. The second-order valence-corrected chi connectivity index (χ2v) is 3.93. The molecule has 1 aliphatic rings. The first-order valence-corrected chi connectivity index (χ1v) is 5.45. The Morgan fingerprint density at radius 2 is 2.31 bits per heavy atom. The van der Waals surface area contributed by atoms with Gasteiger partial charge in [0, 0.05) is 5.92 Å². The number of rotatable bonds is 4. The molecular formula is C13H13N2O. The Morgan fingerprint density at radius 3 is 3.00 bits per heavy atom. The fourth-order valence-electron chi connectivity index (χ4n) is 1.49. The molecule has 0 atom stereocenters. The van der Waals surface area contributed by atoms with Gasteiger partial charge >= 0.3 is 0 Å². The Hall–Kier alpha value is -1.82. The van der Waals surface area contributed by atoms with E-state index in [-0.39, 0.29) is 0 Å². The molecule has 16 heavy (non-hydrogen) atoms. The Labute approximate surface area is 95.3 Å². The highest BCUT2D eigenvalue weighted by molar-refractivity contribution is 5.60. The van der Waals surface area contributed by atoms with Crippen LogP contribution in [-0.4, -0.2) is 6.21 Å². The quantitative estimate of drug-likeness (QED) is 0.570. The van der Waals surface area contributed by atoms with Crippen molar-refractivity contribution in [2.45, 2.75) is 25.9 Å². The Balaban J connectivity index is 1.80. The molecule has 0 amide bonds. The minimum absolute atomic E-state index is 0.398. The molecule has 0 spiro atoms. The van der Waals surface area contributed by atoms with Gasteiger partial charge < -0.3 is 4.84 Å². The summed E-state index contributed by atoms with van der Waals surface area (Å²) in [5, 5.41) is 12.5. The van der Waals surface area contributed by atoms with Gasteiger partial charge in [-0.1, -0.05) is 23.7 Å². The van der Waals surface area contributed by atoms with Crippen molar-refractivity contribution in [3.63, 3.8) is 0 Å². The van der Waals surface area contributed by atoms with E-state index in [0.717, 1.165) is 5.56 Å². The van der Waals surface area contributed by atoms with E-state index in [2.05, 4.69) is 17.4 Å². The van der Waals surface area contributed by atoms with E-state index in [1.807, 2.05) is 12.1 Å². The van der Waals surface area contributed by atoms with Crippen molar-refractivity contribution in [1.29, 1.82) is 5.26 Å². The normalized spacial score (nSPS) is 15.7. The van der Waals surface area contributed by atoms with E-state index in [1.54, 1.807) is 12.1 Å². The minimum atomic E-state index is 0.398. The first-order valence-electron chi connectivity index (χ1n) is 5.45. The van der Waals surface area contributed by atoms with Crippen molar-refractivity contribution in [3.8, 4) is 6.07 Å². The smallest absolute Gasteiger partial charge is 0.142 e. The highest BCUT2D eigenvalue weighted by Gasteiger charge is 2.15. The topological polar surface area (TPSA) is 45.4 Å². The predicted molar refractivity (Wildman–Crippen MR) is 60.7 cm³/mol. The summed E-state index contributed by atoms with van der Waals surface area (Å²) in [6.45, 7) is 0.398. The van der Waals surface area contributed by atoms with Gasteiger partial charge in [0.15, 0.2) is 0 Å². The van der Waals surface area contributed by atoms with Gasteiger partial charge in [-0.15, -0.1) is 0 Å². The predicted octanol–water partition coefficient (Wildman–Crippen LogP) is 2.74. The van der Waals surface area contributed by atoms with Crippen LogP contribution >= 0.6 is 0 Å². The molecule has 0 N–H and O–H groups in total. The van der Waals surface area contributed by atoms with Crippen LogP contribution in [0.1, 0.15) is 30.4 Å². The van der Waals surface area contributed by atoms with Crippen LogP contribution in [0.2, 0.25) is 0 Å². The highest BCUT2D eigenvalue weighted by Crippen LogP contribution is 2.24. The van der Waals surface area contributed by atoms with Crippen LogP contribution in [0, 0.1) is 17.2 Å². The lowest BCUT2D eigenvalue weighted by molar-refractivity contribution is 0.129. The third-order valence-corrected chi connectivity index (χ3v) is 2.69. The monoisotopic (exact) mass is 213 g/mol. The van der Waals surface area contributed by atoms with Crippen molar-refractivity contribution in [1.82, 2.24) is 0 Å². The van der Waals surface area contributed by atoms with Crippen molar-refractivity contribution >= 4 is 6.21 Å². The zero-order valence-electron chi connectivity index (χ0n) is 9.02. The SMILES string of the molecule is N#Cc1cccc(CO/N=[C]\C2CCC2)c1. The number of hydrogen-bond donors (Lipinski definition) is 0. The van der Waals surface area contributed by atoms with Gasteiger partial charge in [0.2, 0.25) is 0 Å². The van der Waals surface area contributed by atoms with Crippen molar-refractivity contribution in [2.24, 2.45) is 11.1 Å². The van der Waals surface area contributed by atoms with Gasteiger partial charge in [0.25, 0.3) is 0 Å². The lowest BCUT2D eigenvalue weighted by Crippen LogP contribution is -2.11. The van der Waals surface area contributed by atoms with Crippen LogP contribution in [0.15, 0.2) is 29.4 Å². The summed E-state index contributed by atoms with van der Waals surface area (Å²) in [5.41, 5.74) is 1.60. The first kappa shape index (κ1) is 10.7. The van der Waals surface area contributed by atoms with Crippen molar-refractivity contribution in [2.75, 3.05) is 0 Å². The molecule has 1 aliphatic carbocycles. The van der Waals surface area contributed by atoms with Gasteiger partial charge in [-0.25, -0.2) is 0 Å². The minimum Gasteiger partial charge on any atom is -0.391 e. The molecule has 1 aromatic rings. The van der Waals surface area contributed by atoms with Gasteiger partial charge in [-0.3, -0.25) is 0 Å². The molecule has 81 valence electrons. The fourth-order valence-corrected chi connectivity index (χ4v) is 1.49. The molecule has 0 saturated heterocycles. The third-order valence-electron chi connectivity index (χ3n) is 2.69. The average Bonchev–Trinajstić information content (AvgIpc) is 2.27. The van der Waals surface area contributed by atoms with E-state index < -0.39 is 0 Å². The summed E-state index contributed by atoms with van der Waals surface area (Å²) in [6.07, 6.45) is 6.59. The van der Waals surface area contributed by atoms with Crippen LogP contribution in [0.3, 0.4) is 0 Å². The molecule has 0 bridgehead atoms. The highest BCUT2D eigenvalue weighted by atomic mass is 16.6. The second-order valence-electron chi connectivity index (χ2n) is 3.93. The molecule has 0 aliphatic heterocycles. The van der Waals surface area contributed by atoms with Crippen molar-refractivity contribution in [3.05, 3.63) is 35.4 Å². The van der Waals surface area contributed by atoms with Gasteiger partial charge in [-0.2, -0.15) is 5.26 Å². The summed E-state index contributed by atoms with van der Waals surface area (Å²) < 4.78 is 0. The number of nitrogens with zero attached hydrogens (tertiary/aromatic N) is 2. The lowest BCUT2D eigenvalue weighted by Gasteiger charge is -2.18. The summed E-state index contributed by atoms with van der Waals surface area (Å²) in [4.78, 5) is 5.13. The molecule has 3 nitrogen and oxygen atoms in total. The molecule has 1 aromatic carbocycles. The number of hydrogen-bond acceptors (Lipinski definition) is 3. The third kappa shape index (κ3) is 2.83. The Morgan fingerprint density at radius 1 is 1.44 bits per heavy atom. The fraction of sp³-hybridized carbons (Fsp3) is 0.385. The van der Waals surface area contributed by atoms with Crippen LogP contribution in [0.4, 0.5) is 0 Å². The largest absolute Gasteiger partial charge is 0.391 e. The summed E-state index contributed by atoms with van der Waals surface area (Å²) in [6, 6.07) is 9.43. The van der Waals surface area contributed by atoms with Gasteiger partial charge in [-0.05, 0) is 30.5 Å². The molecule has 2 rings (SSSR count). The van der Waals surface area contributed by atoms with E-state index in [4.69, 9.17) is 10.1 Å². The van der Waals surface area contributed by atoms with E-state index >= 15 is 0 Å². The van der Waals surface area contributed by atoms with Crippen LogP contribution < -0.4 is 0 Å². The molecule has 0 unspecified atom stereocenters.